The van der Waals surface area contributed by atoms with Crippen molar-refractivity contribution in [1.29, 1.82) is 0 Å². The summed E-state index contributed by atoms with van der Waals surface area (Å²) >= 11 is 9.95. The molecule has 0 aromatic heterocycles. The molecule has 0 saturated heterocycles. The number of rotatable bonds is 0. The molecule has 2 nitrogen and oxygen atoms in total. The Kier molecular flexibility index (Phi) is 4.55. The van der Waals surface area contributed by atoms with E-state index in [1.165, 1.54) is 0 Å². The molecule has 0 bridgehead atoms. The molecule has 0 aromatic carbocycles. The molecule has 0 aliphatic rings. The zero-order valence-electron chi connectivity index (χ0n) is 6.62. The van der Waals surface area contributed by atoms with Crippen molar-refractivity contribution in [3.8, 4) is 0 Å². The Bertz CT molecular complexity index is 207. The third-order valence-corrected chi connectivity index (χ3v) is 2.84. The highest BCUT2D eigenvalue weighted by atomic mass is 33.1. The van der Waals surface area contributed by atoms with Crippen LogP contribution in [0.2, 0.25) is 0 Å². The van der Waals surface area contributed by atoms with E-state index in [1.54, 1.807) is 0 Å². The quantitative estimate of drug-likeness (QED) is 0.492. The van der Waals surface area contributed by atoms with Gasteiger partial charge in [-0.2, -0.15) is 0 Å². The Balaban J connectivity index is 4.81. The summed E-state index contributed by atoms with van der Waals surface area (Å²) in [5, 5.41) is 1.02. The van der Waals surface area contributed by atoms with Crippen LogP contribution in [-0.2, 0) is 30.0 Å². The monoisotopic (exact) mass is 196 g/mol. The van der Waals surface area contributed by atoms with Crippen molar-refractivity contribution in [3.63, 3.8) is 0 Å². The van der Waals surface area contributed by atoms with E-state index in [-0.39, 0.29) is 0 Å². The SMILES string of the molecule is CN(C)C(N(C)C)=S(=S)=S. The average Bonchev–Trinajstić information content (AvgIpc) is 1.59. The van der Waals surface area contributed by atoms with Crippen LogP contribution in [0.4, 0.5) is 0 Å². The van der Waals surface area contributed by atoms with Crippen molar-refractivity contribution in [3.05, 3.63) is 0 Å². The van der Waals surface area contributed by atoms with Crippen LogP contribution >= 0.6 is 0 Å². The maximum absolute atomic E-state index is 4.97. The molecule has 10 heavy (non-hydrogen) atoms. The molecule has 0 saturated carbocycles. The Morgan fingerprint density at radius 3 is 1.30 bits per heavy atom. The largest absolute Gasteiger partial charge is 0.262 e. The van der Waals surface area contributed by atoms with E-state index >= 15 is 0 Å². The zero-order valence-corrected chi connectivity index (χ0v) is 9.07. The number of hydrogen-bond acceptors (Lipinski definition) is 2. The van der Waals surface area contributed by atoms with Crippen molar-refractivity contribution in [2.45, 2.75) is 0 Å². The van der Waals surface area contributed by atoms with E-state index in [1.807, 2.05) is 38.0 Å². The van der Waals surface area contributed by atoms with Crippen LogP contribution in [0.1, 0.15) is 0 Å². The minimum atomic E-state index is -0.478. The van der Waals surface area contributed by atoms with E-state index in [9.17, 15) is 0 Å². The average molecular weight is 196 g/mol. The first kappa shape index (κ1) is 10.4. The number of nitrogens with zero attached hydrogens (tertiary/aromatic N) is 2. The van der Waals surface area contributed by atoms with E-state index in [2.05, 4.69) is 0 Å². The van der Waals surface area contributed by atoms with Gasteiger partial charge in [0.2, 0.25) is 0 Å². The highest BCUT2D eigenvalue weighted by Crippen LogP contribution is 1.83. The van der Waals surface area contributed by atoms with Crippen LogP contribution in [0.15, 0.2) is 0 Å². The molecule has 0 aromatic rings. The van der Waals surface area contributed by atoms with Gasteiger partial charge in [-0.25, -0.2) is 0 Å². The summed E-state index contributed by atoms with van der Waals surface area (Å²) in [6, 6.07) is 0. The fourth-order valence-electron chi connectivity index (χ4n) is 0.698. The van der Waals surface area contributed by atoms with Crippen molar-refractivity contribution < 1.29 is 0 Å². The first-order valence-electron chi connectivity index (χ1n) is 2.77. The summed E-state index contributed by atoms with van der Waals surface area (Å²) in [4.78, 5) is 3.92. The van der Waals surface area contributed by atoms with Gasteiger partial charge < -0.3 is 0 Å². The maximum atomic E-state index is 4.97. The Hall–Kier alpha value is 0.450. The van der Waals surface area contributed by atoms with Crippen LogP contribution in [0.3, 0.4) is 0 Å². The number of hydrogen-bond donors (Lipinski definition) is 0. The second kappa shape index (κ2) is 4.35. The van der Waals surface area contributed by atoms with Gasteiger partial charge in [-0.3, -0.25) is 9.80 Å². The second-order valence-corrected chi connectivity index (χ2v) is 5.77. The summed E-state index contributed by atoms with van der Waals surface area (Å²) < 4.78 is 0. The molecule has 0 unspecified atom stereocenters. The first-order chi connectivity index (χ1) is 4.46. The molecule has 0 aliphatic carbocycles. The lowest BCUT2D eigenvalue weighted by Gasteiger charge is -2.18. The van der Waals surface area contributed by atoms with Gasteiger partial charge in [0.15, 0.2) is 0 Å². The van der Waals surface area contributed by atoms with Crippen molar-refractivity contribution >= 4 is 35.1 Å². The van der Waals surface area contributed by atoms with Gasteiger partial charge in [0.05, 0.1) is 0 Å². The molecule has 5 heteroatoms. The van der Waals surface area contributed by atoms with Crippen molar-refractivity contribution in [1.82, 2.24) is 9.80 Å². The molecule has 60 valence electrons. The molecular formula is C5H12N2S3. The second-order valence-electron chi connectivity index (χ2n) is 2.31. The summed E-state index contributed by atoms with van der Waals surface area (Å²) in [6.07, 6.45) is 0. The Morgan fingerprint density at radius 2 is 1.30 bits per heavy atom. The Labute approximate surface area is 73.2 Å². The van der Waals surface area contributed by atoms with E-state index in [0.717, 1.165) is 5.11 Å². The Morgan fingerprint density at radius 1 is 1.00 bits per heavy atom. The molecule has 0 heterocycles. The van der Waals surface area contributed by atoms with Crippen LogP contribution in [-0.4, -0.2) is 43.1 Å². The maximum Gasteiger partial charge on any atom is 0.129 e. The molecule has 0 radical (unpaired) electrons. The fraction of sp³-hybridized carbons (Fsp3) is 0.800. The standard InChI is InChI=1S/C5H12N2S3/c1-6(2)5(7(3)4)10(8)9/h1-4H3. The molecular weight excluding hydrogens is 184 g/mol. The molecule has 0 rings (SSSR count). The van der Waals surface area contributed by atoms with Gasteiger partial charge in [0.25, 0.3) is 0 Å². The zero-order chi connectivity index (χ0) is 8.31. The molecule has 0 fully saturated rings. The lowest BCUT2D eigenvalue weighted by Crippen LogP contribution is -2.35. The van der Waals surface area contributed by atoms with Gasteiger partial charge in [-0.15, -0.1) is 0 Å². The van der Waals surface area contributed by atoms with Gasteiger partial charge in [0.1, 0.15) is 5.11 Å². The third-order valence-electron chi connectivity index (χ3n) is 0.914. The topological polar surface area (TPSA) is 6.48 Å². The van der Waals surface area contributed by atoms with Crippen molar-refractivity contribution in [2.75, 3.05) is 28.2 Å². The van der Waals surface area contributed by atoms with Gasteiger partial charge in [-0.05, 0) is 58.2 Å². The summed E-state index contributed by atoms with van der Waals surface area (Å²) in [5.41, 5.74) is 0. The highest BCUT2D eigenvalue weighted by molar-refractivity contribution is 8.45. The molecule has 0 N–H and O–H groups in total. The van der Waals surface area contributed by atoms with Crippen LogP contribution in [0.5, 0.6) is 0 Å². The minimum Gasteiger partial charge on any atom is -0.262 e. The minimum absolute atomic E-state index is 0.478. The van der Waals surface area contributed by atoms with Crippen LogP contribution in [0, 0.1) is 0 Å². The summed E-state index contributed by atoms with van der Waals surface area (Å²) in [6.45, 7) is 0. The molecule has 0 amide bonds. The van der Waals surface area contributed by atoms with Crippen molar-refractivity contribution in [2.24, 2.45) is 0 Å². The van der Waals surface area contributed by atoms with Gasteiger partial charge >= 0.3 is 0 Å². The third kappa shape index (κ3) is 3.03. The van der Waals surface area contributed by atoms with E-state index < -0.39 is 7.60 Å². The lowest BCUT2D eigenvalue weighted by atomic mass is 10.8. The molecule has 0 spiro atoms. The summed E-state index contributed by atoms with van der Waals surface area (Å²) in [7, 11) is 7.33. The molecule has 0 aliphatic heterocycles. The smallest absolute Gasteiger partial charge is 0.129 e. The van der Waals surface area contributed by atoms with Gasteiger partial charge in [-0.1, -0.05) is 0 Å². The fourth-order valence-corrected chi connectivity index (χ4v) is 3.08. The summed E-state index contributed by atoms with van der Waals surface area (Å²) in [5.74, 6) is 0. The predicted molar refractivity (Wildman–Crippen MR) is 54.5 cm³/mol. The molecule has 0 atom stereocenters. The van der Waals surface area contributed by atoms with Gasteiger partial charge in [0, 0.05) is 0 Å². The van der Waals surface area contributed by atoms with Crippen LogP contribution < -0.4 is 0 Å². The first-order valence-corrected chi connectivity index (χ1v) is 5.85. The lowest BCUT2D eigenvalue weighted by molar-refractivity contribution is 0.501. The van der Waals surface area contributed by atoms with E-state index in [0.29, 0.717) is 0 Å². The van der Waals surface area contributed by atoms with E-state index in [4.69, 9.17) is 22.4 Å². The predicted octanol–water partition coefficient (Wildman–Crippen LogP) is -0.261. The normalized spacial score (nSPS) is 10.6. The highest BCUT2D eigenvalue weighted by Gasteiger charge is 2.02. The van der Waals surface area contributed by atoms with Crippen LogP contribution in [0.25, 0.3) is 0 Å².